The van der Waals surface area contributed by atoms with Gasteiger partial charge in [-0.25, -0.2) is 4.79 Å². The van der Waals surface area contributed by atoms with E-state index in [9.17, 15) is 4.79 Å². The molecule has 1 heterocycles. The second-order valence-electron chi connectivity index (χ2n) is 5.99. The molecule has 0 bridgehead atoms. The van der Waals surface area contributed by atoms with Gasteiger partial charge in [0.15, 0.2) is 0 Å². The molecular weight excluding hydrogens is 288 g/mol. The monoisotopic (exact) mass is 308 g/mol. The van der Waals surface area contributed by atoms with Crippen LogP contribution in [0.25, 0.3) is 11.0 Å². The fourth-order valence-electron chi connectivity index (χ4n) is 2.58. The first kappa shape index (κ1) is 15.2. The first-order valence-corrected chi connectivity index (χ1v) is 7.69. The molecule has 0 aliphatic heterocycles. The summed E-state index contributed by atoms with van der Waals surface area (Å²) in [5, 5.41) is 4.35. The summed E-state index contributed by atoms with van der Waals surface area (Å²) >= 11 is 0. The van der Waals surface area contributed by atoms with Gasteiger partial charge < -0.3 is 15.5 Å². The summed E-state index contributed by atoms with van der Waals surface area (Å²) in [7, 11) is 0. The van der Waals surface area contributed by atoms with Crippen LogP contribution in [0.2, 0.25) is 0 Å². The van der Waals surface area contributed by atoms with Crippen LogP contribution in [0, 0.1) is 0 Å². The quantitative estimate of drug-likeness (QED) is 0.562. The summed E-state index contributed by atoms with van der Waals surface area (Å²) < 4.78 is 5.39. The molecule has 2 aromatic carbocycles. The van der Waals surface area contributed by atoms with Gasteiger partial charge in [0.25, 0.3) is 0 Å². The third kappa shape index (κ3) is 3.37. The van der Waals surface area contributed by atoms with Gasteiger partial charge in [0, 0.05) is 34.9 Å². The van der Waals surface area contributed by atoms with Crippen molar-refractivity contribution in [3.05, 3.63) is 70.1 Å². The molecule has 0 aliphatic rings. The highest BCUT2D eigenvalue weighted by Crippen LogP contribution is 2.28. The lowest BCUT2D eigenvalue weighted by Crippen LogP contribution is -2.03. The average Bonchev–Trinajstić information content (AvgIpc) is 2.53. The zero-order chi connectivity index (χ0) is 16.4. The number of rotatable bonds is 4. The number of benzene rings is 2. The zero-order valence-electron chi connectivity index (χ0n) is 13.3. The Kier molecular flexibility index (Phi) is 4.06. The average molecular weight is 308 g/mol. The molecule has 23 heavy (non-hydrogen) atoms. The van der Waals surface area contributed by atoms with Gasteiger partial charge in [-0.05, 0) is 41.8 Å². The molecule has 0 atom stereocenters. The molecular formula is C19H20N2O2. The van der Waals surface area contributed by atoms with Crippen LogP contribution in [-0.2, 0) is 6.54 Å². The van der Waals surface area contributed by atoms with Crippen molar-refractivity contribution < 1.29 is 4.42 Å². The number of fused-ring (bicyclic) bond motifs is 1. The maximum absolute atomic E-state index is 11.5. The lowest BCUT2D eigenvalue weighted by Gasteiger charge is -2.13. The molecule has 0 amide bonds. The van der Waals surface area contributed by atoms with Gasteiger partial charge in [0.2, 0.25) is 0 Å². The van der Waals surface area contributed by atoms with E-state index in [2.05, 4.69) is 19.2 Å². The maximum atomic E-state index is 11.5. The van der Waals surface area contributed by atoms with E-state index in [0.29, 0.717) is 12.1 Å². The smallest absolute Gasteiger partial charge is 0.336 e. The number of anilines is 2. The van der Waals surface area contributed by atoms with Crippen molar-refractivity contribution in [3.8, 4) is 0 Å². The highest BCUT2D eigenvalue weighted by Gasteiger charge is 2.10. The number of hydrogen-bond donors (Lipinski definition) is 2. The predicted molar refractivity (Wildman–Crippen MR) is 94.8 cm³/mol. The number of nitrogen functional groups attached to an aromatic ring is 1. The summed E-state index contributed by atoms with van der Waals surface area (Å²) in [5.41, 5.74) is 10.0. The van der Waals surface area contributed by atoms with Crippen molar-refractivity contribution in [2.24, 2.45) is 0 Å². The molecule has 0 aliphatic carbocycles. The van der Waals surface area contributed by atoms with E-state index >= 15 is 0 Å². The van der Waals surface area contributed by atoms with Crippen LogP contribution >= 0.6 is 0 Å². The summed E-state index contributed by atoms with van der Waals surface area (Å²) in [6.07, 6.45) is 0. The Labute approximate surface area is 134 Å². The Bertz CT molecular complexity index is 880. The number of nitrogens with two attached hydrogens (primary N) is 1. The van der Waals surface area contributed by atoms with E-state index in [-0.39, 0.29) is 11.5 Å². The van der Waals surface area contributed by atoms with Crippen LogP contribution in [0.15, 0.2) is 57.7 Å². The SMILES string of the molecule is CC(C)c1cc(NCc2ccc(N)cc2)cc2ccc(=O)oc12. The van der Waals surface area contributed by atoms with E-state index in [0.717, 1.165) is 27.9 Å². The Hall–Kier alpha value is -2.75. The molecule has 0 unspecified atom stereocenters. The lowest BCUT2D eigenvalue weighted by atomic mass is 9.99. The van der Waals surface area contributed by atoms with Crippen molar-refractivity contribution >= 4 is 22.3 Å². The largest absolute Gasteiger partial charge is 0.422 e. The van der Waals surface area contributed by atoms with Crippen LogP contribution in [-0.4, -0.2) is 0 Å². The van der Waals surface area contributed by atoms with Crippen LogP contribution in [0.4, 0.5) is 11.4 Å². The normalized spacial score (nSPS) is 11.1. The van der Waals surface area contributed by atoms with Crippen molar-refractivity contribution in [2.45, 2.75) is 26.3 Å². The fourth-order valence-corrected chi connectivity index (χ4v) is 2.58. The lowest BCUT2D eigenvalue weighted by molar-refractivity contribution is 0.554. The van der Waals surface area contributed by atoms with E-state index in [1.165, 1.54) is 6.07 Å². The van der Waals surface area contributed by atoms with Gasteiger partial charge in [-0.15, -0.1) is 0 Å². The molecule has 3 aromatic rings. The molecule has 0 radical (unpaired) electrons. The number of nitrogens with one attached hydrogen (secondary N) is 1. The fraction of sp³-hybridized carbons (Fsp3) is 0.211. The number of hydrogen-bond acceptors (Lipinski definition) is 4. The molecule has 0 saturated heterocycles. The highest BCUT2D eigenvalue weighted by molar-refractivity contribution is 5.84. The minimum atomic E-state index is -0.318. The van der Waals surface area contributed by atoms with Gasteiger partial charge in [0.1, 0.15) is 5.58 Å². The topological polar surface area (TPSA) is 68.3 Å². The van der Waals surface area contributed by atoms with Crippen molar-refractivity contribution in [2.75, 3.05) is 11.1 Å². The summed E-state index contributed by atoms with van der Waals surface area (Å²) in [4.78, 5) is 11.5. The molecule has 3 N–H and O–H groups in total. The molecule has 3 rings (SSSR count). The highest BCUT2D eigenvalue weighted by atomic mass is 16.4. The predicted octanol–water partition coefficient (Wildman–Crippen LogP) is 4.11. The molecule has 118 valence electrons. The maximum Gasteiger partial charge on any atom is 0.336 e. The van der Waals surface area contributed by atoms with Crippen molar-refractivity contribution in [3.63, 3.8) is 0 Å². The molecule has 0 spiro atoms. The molecule has 0 fully saturated rings. The molecule has 1 aromatic heterocycles. The molecule has 0 saturated carbocycles. The van der Waals surface area contributed by atoms with E-state index in [1.807, 2.05) is 36.4 Å². The second kappa shape index (κ2) is 6.16. The van der Waals surface area contributed by atoms with Gasteiger partial charge >= 0.3 is 5.63 Å². The van der Waals surface area contributed by atoms with Gasteiger partial charge in [-0.2, -0.15) is 0 Å². The Balaban J connectivity index is 1.93. The third-order valence-corrected chi connectivity index (χ3v) is 3.85. The van der Waals surface area contributed by atoms with Gasteiger partial charge in [0.05, 0.1) is 0 Å². The first-order valence-electron chi connectivity index (χ1n) is 7.69. The van der Waals surface area contributed by atoms with Gasteiger partial charge in [-0.1, -0.05) is 26.0 Å². The second-order valence-corrected chi connectivity index (χ2v) is 5.99. The van der Waals surface area contributed by atoms with E-state index in [1.54, 1.807) is 6.07 Å². The van der Waals surface area contributed by atoms with E-state index in [4.69, 9.17) is 10.2 Å². The standard InChI is InChI=1S/C19H20N2O2/c1-12(2)17-10-16(9-14-5-8-18(22)23-19(14)17)21-11-13-3-6-15(20)7-4-13/h3-10,12,21H,11,20H2,1-2H3. The summed E-state index contributed by atoms with van der Waals surface area (Å²) in [6.45, 7) is 4.89. The van der Waals surface area contributed by atoms with Gasteiger partial charge in [-0.3, -0.25) is 0 Å². The van der Waals surface area contributed by atoms with Crippen LogP contribution < -0.4 is 16.7 Å². The minimum absolute atomic E-state index is 0.265. The Morgan fingerprint density at radius 1 is 1.09 bits per heavy atom. The van der Waals surface area contributed by atoms with Crippen LogP contribution in [0.1, 0.15) is 30.9 Å². The first-order chi connectivity index (χ1) is 11.0. The van der Waals surface area contributed by atoms with E-state index < -0.39 is 0 Å². The minimum Gasteiger partial charge on any atom is -0.422 e. The Morgan fingerprint density at radius 3 is 2.52 bits per heavy atom. The van der Waals surface area contributed by atoms with Crippen molar-refractivity contribution in [1.29, 1.82) is 0 Å². The summed E-state index contributed by atoms with van der Waals surface area (Å²) in [6, 6.07) is 15.1. The summed E-state index contributed by atoms with van der Waals surface area (Å²) in [5.74, 6) is 0.265. The Morgan fingerprint density at radius 2 is 1.83 bits per heavy atom. The molecule has 4 heteroatoms. The van der Waals surface area contributed by atoms with Crippen LogP contribution in [0.3, 0.4) is 0 Å². The third-order valence-electron chi connectivity index (χ3n) is 3.85. The zero-order valence-corrected chi connectivity index (χ0v) is 13.3. The van der Waals surface area contributed by atoms with Crippen LogP contribution in [0.5, 0.6) is 0 Å². The molecule has 4 nitrogen and oxygen atoms in total. The van der Waals surface area contributed by atoms with Crippen molar-refractivity contribution in [1.82, 2.24) is 0 Å².